The second-order valence-corrected chi connectivity index (χ2v) is 5.25. The number of aryl methyl sites for hydroxylation is 2. The standard InChI is InChI=1S/C13H20N4O3/c1-8-11(13(19)20)12(16(2)15-8)17(7-10(14)18)9-5-3-4-6-9/h9H,3-7H2,1-2H3,(H2,14,18)(H,19,20). The first-order valence-electron chi connectivity index (χ1n) is 6.73. The molecule has 0 spiro atoms. The fraction of sp³-hybridized carbons (Fsp3) is 0.615. The Balaban J connectivity index is 2.47. The Morgan fingerprint density at radius 1 is 1.45 bits per heavy atom. The number of amides is 1. The Kier molecular flexibility index (Phi) is 3.96. The quantitative estimate of drug-likeness (QED) is 0.825. The molecule has 7 nitrogen and oxygen atoms in total. The van der Waals surface area contributed by atoms with Crippen molar-refractivity contribution in [1.82, 2.24) is 9.78 Å². The number of carbonyl (C=O) groups is 2. The number of hydrogen-bond acceptors (Lipinski definition) is 4. The van der Waals surface area contributed by atoms with E-state index >= 15 is 0 Å². The summed E-state index contributed by atoms with van der Waals surface area (Å²) in [6.45, 7) is 1.67. The monoisotopic (exact) mass is 280 g/mol. The molecule has 0 aromatic carbocycles. The summed E-state index contributed by atoms with van der Waals surface area (Å²) in [5.74, 6) is -1.02. The van der Waals surface area contributed by atoms with Gasteiger partial charge in [0.15, 0.2) is 0 Å². The summed E-state index contributed by atoms with van der Waals surface area (Å²) in [4.78, 5) is 24.6. The molecule has 3 N–H and O–H groups in total. The van der Waals surface area contributed by atoms with Crippen LogP contribution in [-0.4, -0.2) is 39.4 Å². The molecule has 1 aromatic rings. The van der Waals surface area contributed by atoms with E-state index in [0.29, 0.717) is 11.5 Å². The summed E-state index contributed by atoms with van der Waals surface area (Å²) in [5.41, 5.74) is 5.92. The van der Waals surface area contributed by atoms with Gasteiger partial charge in [-0.25, -0.2) is 4.79 Å². The average molecular weight is 280 g/mol. The average Bonchev–Trinajstić information content (AvgIpc) is 2.93. The van der Waals surface area contributed by atoms with Gasteiger partial charge >= 0.3 is 5.97 Å². The van der Waals surface area contributed by atoms with Crippen molar-refractivity contribution in [3.05, 3.63) is 11.3 Å². The van der Waals surface area contributed by atoms with Gasteiger partial charge in [-0.3, -0.25) is 9.48 Å². The molecular formula is C13H20N4O3. The molecule has 110 valence electrons. The summed E-state index contributed by atoms with van der Waals surface area (Å²) < 4.78 is 1.53. The van der Waals surface area contributed by atoms with Crippen LogP contribution in [0, 0.1) is 6.92 Å². The number of rotatable bonds is 5. The Labute approximate surface area is 117 Å². The van der Waals surface area contributed by atoms with E-state index in [2.05, 4.69) is 5.10 Å². The predicted molar refractivity (Wildman–Crippen MR) is 73.7 cm³/mol. The van der Waals surface area contributed by atoms with Gasteiger partial charge < -0.3 is 15.7 Å². The van der Waals surface area contributed by atoms with E-state index in [1.54, 1.807) is 18.9 Å². The zero-order valence-corrected chi connectivity index (χ0v) is 11.8. The number of anilines is 1. The number of nitrogens with zero attached hydrogens (tertiary/aromatic N) is 3. The first-order chi connectivity index (χ1) is 9.41. The van der Waals surface area contributed by atoms with Crippen LogP contribution in [0.5, 0.6) is 0 Å². The number of primary amides is 1. The van der Waals surface area contributed by atoms with E-state index in [1.807, 2.05) is 0 Å². The van der Waals surface area contributed by atoms with E-state index in [0.717, 1.165) is 25.7 Å². The second-order valence-electron chi connectivity index (χ2n) is 5.25. The minimum Gasteiger partial charge on any atom is -0.477 e. The Hall–Kier alpha value is -2.05. The highest BCUT2D eigenvalue weighted by atomic mass is 16.4. The lowest BCUT2D eigenvalue weighted by Gasteiger charge is -2.30. The number of aromatic nitrogens is 2. The highest BCUT2D eigenvalue weighted by molar-refractivity contribution is 5.95. The number of hydrogen-bond donors (Lipinski definition) is 2. The fourth-order valence-corrected chi connectivity index (χ4v) is 2.99. The van der Waals surface area contributed by atoms with E-state index in [9.17, 15) is 14.7 Å². The SMILES string of the molecule is Cc1nn(C)c(N(CC(N)=O)C2CCCC2)c1C(=O)O. The molecule has 0 radical (unpaired) electrons. The van der Waals surface area contributed by atoms with Crippen LogP contribution < -0.4 is 10.6 Å². The van der Waals surface area contributed by atoms with Gasteiger partial charge in [0.25, 0.3) is 0 Å². The zero-order valence-electron chi connectivity index (χ0n) is 11.8. The molecule has 2 rings (SSSR count). The lowest BCUT2D eigenvalue weighted by molar-refractivity contribution is -0.116. The van der Waals surface area contributed by atoms with Gasteiger partial charge in [-0.2, -0.15) is 5.10 Å². The predicted octanol–water partition coefficient (Wildman–Crippen LogP) is 0.661. The third-order valence-corrected chi connectivity index (χ3v) is 3.77. The topological polar surface area (TPSA) is 101 Å². The van der Waals surface area contributed by atoms with Crippen LogP contribution in [0.4, 0.5) is 5.82 Å². The summed E-state index contributed by atoms with van der Waals surface area (Å²) in [6.07, 6.45) is 4.05. The minimum atomic E-state index is -1.03. The molecule has 1 saturated carbocycles. The molecular weight excluding hydrogens is 260 g/mol. The first kappa shape index (κ1) is 14.4. The summed E-state index contributed by atoms with van der Waals surface area (Å²) in [6, 6.07) is 0.149. The number of nitrogens with two attached hydrogens (primary N) is 1. The molecule has 0 atom stereocenters. The molecule has 0 unspecified atom stereocenters. The van der Waals surface area contributed by atoms with Crippen molar-refractivity contribution in [2.45, 2.75) is 38.6 Å². The van der Waals surface area contributed by atoms with Gasteiger partial charge in [0.1, 0.15) is 11.4 Å². The maximum Gasteiger partial charge on any atom is 0.341 e. The van der Waals surface area contributed by atoms with Gasteiger partial charge in [-0.05, 0) is 19.8 Å². The number of carbonyl (C=O) groups excluding carboxylic acids is 1. The van der Waals surface area contributed by atoms with Gasteiger partial charge in [0.05, 0.1) is 12.2 Å². The van der Waals surface area contributed by atoms with Gasteiger partial charge in [0.2, 0.25) is 5.91 Å². The van der Waals surface area contributed by atoms with E-state index in [4.69, 9.17) is 5.73 Å². The second kappa shape index (κ2) is 5.52. The summed E-state index contributed by atoms with van der Waals surface area (Å²) in [7, 11) is 1.69. The molecule has 1 amide bonds. The van der Waals surface area contributed by atoms with Gasteiger partial charge in [0, 0.05) is 13.1 Å². The van der Waals surface area contributed by atoms with Crippen molar-refractivity contribution in [1.29, 1.82) is 0 Å². The first-order valence-corrected chi connectivity index (χ1v) is 6.73. The molecule has 20 heavy (non-hydrogen) atoms. The van der Waals surface area contributed by atoms with Crippen LogP contribution in [0.15, 0.2) is 0 Å². The molecule has 0 bridgehead atoms. The third-order valence-electron chi connectivity index (χ3n) is 3.77. The van der Waals surface area contributed by atoms with E-state index < -0.39 is 11.9 Å². The Morgan fingerprint density at radius 3 is 2.55 bits per heavy atom. The fourth-order valence-electron chi connectivity index (χ4n) is 2.99. The molecule has 7 heteroatoms. The molecule has 1 aromatic heterocycles. The third kappa shape index (κ3) is 2.61. The highest BCUT2D eigenvalue weighted by Crippen LogP contribution is 2.31. The zero-order chi connectivity index (χ0) is 14.9. The molecule has 1 aliphatic rings. The van der Waals surface area contributed by atoms with Crippen LogP contribution in [0.3, 0.4) is 0 Å². The molecule has 0 saturated heterocycles. The molecule has 1 aliphatic carbocycles. The van der Waals surface area contributed by atoms with Gasteiger partial charge in [-0.15, -0.1) is 0 Å². The normalized spacial score (nSPS) is 15.5. The summed E-state index contributed by atoms with van der Waals surface area (Å²) >= 11 is 0. The Morgan fingerprint density at radius 2 is 2.05 bits per heavy atom. The Bertz CT molecular complexity index is 532. The largest absolute Gasteiger partial charge is 0.477 e. The van der Waals surface area contributed by atoms with E-state index in [-0.39, 0.29) is 18.2 Å². The molecule has 1 heterocycles. The molecule has 0 aliphatic heterocycles. The maximum absolute atomic E-state index is 11.5. The van der Waals surface area contributed by atoms with Crippen LogP contribution >= 0.6 is 0 Å². The number of carboxylic acid groups (broad SMARTS) is 1. The van der Waals surface area contributed by atoms with Crippen molar-refractivity contribution in [3.63, 3.8) is 0 Å². The molecule has 1 fully saturated rings. The van der Waals surface area contributed by atoms with Gasteiger partial charge in [-0.1, -0.05) is 12.8 Å². The summed E-state index contributed by atoms with van der Waals surface area (Å²) in [5, 5.41) is 13.6. The lowest BCUT2D eigenvalue weighted by Crippen LogP contribution is -2.42. The van der Waals surface area contributed by atoms with Crippen molar-refractivity contribution in [3.8, 4) is 0 Å². The van der Waals surface area contributed by atoms with Crippen molar-refractivity contribution in [2.24, 2.45) is 12.8 Å². The van der Waals surface area contributed by atoms with Crippen LogP contribution in [0.2, 0.25) is 0 Å². The smallest absolute Gasteiger partial charge is 0.341 e. The van der Waals surface area contributed by atoms with Crippen molar-refractivity contribution < 1.29 is 14.7 Å². The number of aromatic carboxylic acids is 1. The number of carboxylic acids is 1. The van der Waals surface area contributed by atoms with Crippen LogP contribution in [-0.2, 0) is 11.8 Å². The van der Waals surface area contributed by atoms with Crippen molar-refractivity contribution in [2.75, 3.05) is 11.4 Å². The lowest BCUT2D eigenvalue weighted by atomic mass is 10.1. The van der Waals surface area contributed by atoms with E-state index in [1.165, 1.54) is 4.68 Å². The maximum atomic E-state index is 11.5. The van der Waals surface area contributed by atoms with Crippen molar-refractivity contribution >= 4 is 17.7 Å². The highest BCUT2D eigenvalue weighted by Gasteiger charge is 2.31. The van der Waals surface area contributed by atoms with Crippen LogP contribution in [0.25, 0.3) is 0 Å². The van der Waals surface area contributed by atoms with Crippen LogP contribution in [0.1, 0.15) is 41.7 Å². The minimum absolute atomic E-state index is 0.0178.